The fraction of sp³-hybridized carbons (Fsp3) is 0.312. The molecule has 6 rings (SSSR count). The molecule has 0 saturated heterocycles. The first-order valence-electron chi connectivity index (χ1n) is 14.2. The summed E-state index contributed by atoms with van der Waals surface area (Å²) in [5.41, 5.74) is 4.36. The van der Waals surface area contributed by atoms with Crippen LogP contribution in [-0.4, -0.2) is 52.0 Å². The van der Waals surface area contributed by atoms with Gasteiger partial charge in [-0.25, -0.2) is 4.98 Å². The summed E-state index contributed by atoms with van der Waals surface area (Å²) in [5, 5.41) is 16.2. The molecule has 2 amide bonds. The van der Waals surface area contributed by atoms with Gasteiger partial charge in [-0.15, -0.1) is 0 Å². The summed E-state index contributed by atoms with van der Waals surface area (Å²) >= 11 is 0. The summed E-state index contributed by atoms with van der Waals surface area (Å²) in [7, 11) is 0. The zero-order valence-corrected chi connectivity index (χ0v) is 22.7. The van der Waals surface area contributed by atoms with Crippen LogP contribution in [0, 0.1) is 5.92 Å². The molecule has 2 aliphatic rings. The fourth-order valence-electron chi connectivity index (χ4n) is 6.18. The van der Waals surface area contributed by atoms with E-state index in [-0.39, 0.29) is 24.8 Å². The van der Waals surface area contributed by atoms with Gasteiger partial charge in [-0.2, -0.15) is 0 Å². The maximum atomic E-state index is 13.7. The number of fused-ring (bicyclic) bond motifs is 3. The minimum absolute atomic E-state index is 0.132. The SMILES string of the molecule is O=C(O)CC1c2ccccc2C(=O)N(CC(=O)NCC2CCC(Nc3nc4ccccc4[nH]3)CC2)c2ccccc21. The number of H-pyrrole nitrogens is 1. The number of aromatic nitrogens is 2. The van der Waals surface area contributed by atoms with Gasteiger partial charge in [-0.1, -0.05) is 48.5 Å². The van der Waals surface area contributed by atoms with Crippen LogP contribution in [0.4, 0.5) is 11.6 Å². The normalized spacial score (nSPS) is 20.1. The number of imidazole rings is 1. The second kappa shape index (κ2) is 11.4. The van der Waals surface area contributed by atoms with Crippen molar-refractivity contribution in [3.05, 3.63) is 89.5 Å². The highest BCUT2D eigenvalue weighted by atomic mass is 16.4. The number of aromatic amines is 1. The van der Waals surface area contributed by atoms with Crippen molar-refractivity contribution in [3.8, 4) is 0 Å². The van der Waals surface area contributed by atoms with Crippen LogP contribution in [0.25, 0.3) is 11.0 Å². The molecule has 2 heterocycles. The van der Waals surface area contributed by atoms with E-state index in [0.717, 1.165) is 48.2 Å². The molecular formula is C32H33N5O4. The van der Waals surface area contributed by atoms with Crippen molar-refractivity contribution in [3.63, 3.8) is 0 Å². The number of amides is 2. The summed E-state index contributed by atoms with van der Waals surface area (Å²) in [6, 6.07) is 22.7. The number of benzene rings is 3. The number of carbonyl (C=O) groups excluding carboxylic acids is 2. The number of carbonyl (C=O) groups is 3. The standard InChI is InChI=1S/C32H33N5O4/c38-29(33-18-20-13-15-21(16-14-20)34-32-35-26-10-4-5-11-27(26)36-32)19-37-28-12-6-3-8-23(28)25(17-30(39)40)22-7-1-2-9-24(22)31(37)41/h1-12,20-21,25H,13-19H2,(H,33,38)(H,39,40)(H2,34,35,36). The highest BCUT2D eigenvalue weighted by Crippen LogP contribution is 2.40. The summed E-state index contributed by atoms with van der Waals surface area (Å²) < 4.78 is 0. The van der Waals surface area contributed by atoms with Gasteiger partial charge in [0.05, 0.1) is 17.5 Å². The average Bonchev–Trinajstić information content (AvgIpc) is 3.37. The van der Waals surface area contributed by atoms with E-state index in [1.807, 2.05) is 48.5 Å². The third kappa shape index (κ3) is 5.66. The highest BCUT2D eigenvalue weighted by Gasteiger charge is 2.34. The van der Waals surface area contributed by atoms with Crippen LogP contribution in [0.3, 0.4) is 0 Å². The first-order chi connectivity index (χ1) is 20.0. The Morgan fingerprint density at radius 1 is 0.927 bits per heavy atom. The Morgan fingerprint density at radius 2 is 1.63 bits per heavy atom. The number of aliphatic carboxylic acids is 1. The molecule has 4 N–H and O–H groups in total. The van der Waals surface area contributed by atoms with Crippen LogP contribution in [0.2, 0.25) is 0 Å². The number of nitrogens with one attached hydrogen (secondary N) is 3. The lowest BCUT2D eigenvalue weighted by atomic mass is 9.86. The smallest absolute Gasteiger partial charge is 0.304 e. The number of carboxylic acid groups (broad SMARTS) is 1. The Labute approximate surface area is 238 Å². The summed E-state index contributed by atoms with van der Waals surface area (Å²) in [5.74, 6) is -0.808. The summed E-state index contributed by atoms with van der Waals surface area (Å²) in [6.45, 7) is 0.422. The molecule has 1 fully saturated rings. The van der Waals surface area contributed by atoms with E-state index in [0.29, 0.717) is 35.3 Å². The zero-order valence-electron chi connectivity index (χ0n) is 22.7. The third-order valence-electron chi connectivity index (χ3n) is 8.26. The van der Waals surface area contributed by atoms with Gasteiger partial charge >= 0.3 is 5.97 Å². The molecule has 210 valence electrons. The quantitative estimate of drug-likeness (QED) is 0.246. The van der Waals surface area contributed by atoms with Crippen LogP contribution < -0.4 is 15.5 Å². The van der Waals surface area contributed by atoms with E-state index in [9.17, 15) is 19.5 Å². The van der Waals surface area contributed by atoms with Gasteiger partial charge in [-0.3, -0.25) is 19.3 Å². The summed E-state index contributed by atoms with van der Waals surface area (Å²) in [6.07, 6.45) is 3.78. The van der Waals surface area contributed by atoms with Crippen LogP contribution in [0.15, 0.2) is 72.8 Å². The lowest BCUT2D eigenvalue weighted by Crippen LogP contribution is -2.42. The predicted molar refractivity (Wildman–Crippen MR) is 157 cm³/mol. The van der Waals surface area contributed by atoms with E-state index in [1.165, 1.54) is 4.90 Å². The lowest BCUT2D eigenvalue weighted by Gasteiger charge is -2.29. The first-order valence-corrected chi connectivity index (χ1v) is 14.2. The van der Waals surface area contributed by atoms with Crippen molar-refractivity contribution in [1.29, 1.82) is 0 Å². The molecule has 0 bridgehead atoms. The topological polar surface area (TPSA) is 127 Å². The first kappa shape index (κ1) is 26.6. The van der Waals surface area contributed by atoms with Crippen LogP contribution in [0.5, 0.6) is 0 Å². The Morgan fingerprint density at radius 3 is 2.41 bits per heavy atom. The molecule has 41 heavy (non-hydrogen) atoms. The van der Waals surface area contributed by atoms with Crippen LogP contribution in [-0.2, 0) is 9.59 Å². The Kier molecular flexibility index (Phi) is 7.41. The third-order valence-corrected chi connectivity index (χ3v) is 8.26. The van der Waals surface area contributed by atoms with E-state index in [1.54, 1.807) is 24.3 Å². The number of nitrogens with zero attached hydrogens (tertiary/aromatic N) is 2. The molecule has 9 nitrogen and oxygen atoms in total. The Balaban J connectivity index is 1.08. The van der Waals surface area contributed by atoms with E-state index < -0.39 is 11.9 Å². The van der Waals surface area contributed by atoms with Crippen LogP contribution in [0.1, 0.15) is 59.5 Å². The van der Waals surface area contributed by atoms with E-state index >= 15 is 0 Å². The molecule has 9 heteroatoms. The minimum Gasteiger partial charge on any atom is -0.481 e. The van der Waals surface area contributed by atoms with Crippen molar-refractivity contribution >= 4 is 40.5 Å². The van der Waals surface area contributed by atoms with Gasteiger partial charge in [0.15, 0.2) is 0 Å². The van der Waals surface area contributed by atoms with Crippen molar-refractivity contribution in [2.75, 3.05) is 23.3 Å². The Bertz CT molecular complexity index is 1560. The van der Waals surface area contributed by atoms with Gasteiger partial charge in [-0.05, 0) is 67.0 Å². The monoisotopic (exact) mass is 551 g/mol. The maximum Gasteiger partial charge on any atom is 0.304 e. The summed E-state index contributed by atoms with van der Waals surface area (Å²) in [4.78, 5) is 48.0. The van der Waals surface area contributed by atoms with Crippen molar-refractivity contribution in [2.45, 2.75) is 44.1 Å². The molecule has 0 radical (unpaired) electrons. The molecular weight excluding hydrogens is 518 g/mol. The molecule has 4 aromatic rings. The molecule has 1 saturated carbocycles. The molecule has 1 aromatic heterocycles. The second-order valence-corrected chi connectivity index (χ2v) is 11.0. The molecule has 1 aliphatic carbocycles. The average molecular weight is 552 g/mol. The molecule has 1 unspecified atom stereocenters. The number of anilines is 2. The van der Waals surface area contributed by atoms with Gasteiger partial charge in [0.1, 0.15) is 6.54 Å². The Hall–Kier alpha value is -4.66. The largest absolute Gasteiger partial charge is 0.481 e. The second-order valence-electron chi connectivity index (χ2n) is 11.0. The number of carboxylic acids is 1. The molecule has 0 spiro atoms. The predicted octanol–water partition coefficient (Wildman–Crippen LogP) is 4.92. The number of para-hydroxylation sites is 3. The molecule has 1 aliphatic heterocycles. The number of rotatable bonds is 8. The van der Waals surface area contributed by atoms with E-state index in [4.69, 9.17) is 0 Å². The van der Waals surface area contributed by atoms with Gasteiger partial charge < -0.3 is 20.7 Å². The van der Waals surface area contributed by atoms with Crippen molar-refractivity contribution < 1.29 is 19.5 Å². The minimum atomic E-state index is -0.944. The maximum absolute atomic E-state index is 13.7. The van der Waals surface area contributed by atoms with Gasteiger partial charge in [0.25, 0.3) is 5.91 Å². The number of hydrogen-bond acceptors (Lipinski definition) is 5. The molecule has 3 aromatic carbocycles. The van der Waals surface area contributed by atoms with Gasteiger partial charge in [0.2, 0.25) is 11.9 Å². The van der Waals surface area contributed by atoms with E-state index in [2.05, 4.69) is 20.6 Å². The highest BCUT2D eigenvalue weighted by molar-refractivity contribution is 6.11. The zero-order chi connectivity index (χ0) is 28.3. The van der Waals surface area contributed by atoms with Crippen molar-refractivity contribution in [1.82, 2.24) is 15.3 Å². The number of hydrogen-bond donors (Lipinski definition) is 4. The fourth-order valence-corrected chi connectivity index (χ4v) is 6.18. The van der Waals surface area contributed by atoms with Gasteiger partial charge in [0, 0.05) is 29.8 Å². The van der Waals surface area contributed by atoms with Crippen LogP contribution >= 0.6 is 0 Å². The molecule has 1 atom stereocenters. The lowest BCUT2D eigenvalue weighted by molar-refractivity contribution is -0.137. The van der Waals surface area contributed by atoms with Crippen molar-refractivity contribution in [2.24, 2.45) is 5.92 Å².